The summed E-state index contributed by atoms with van der Waals surface area (Å²) in [6.07, 6.45) is 4.87. The van der Waals surface area contributed by atoms with Gasteiger partial charge in [-0.2, -0.15) is 0 Å². The molecule has 1 saturated heterocycles. The van der Waals surface area contributed by atoms with Gasteiger partial charge < -0.3 is 9.47 Å². The molecule has 0 unspecified atom stereocenters. The average Bonchev–Trinajstić information content (AvgIpc) is 2.86. The van der Waals surface area contributed by atoms with Crippen molar-refractivity contribution in [3.63, 3.8) is 0 Å². The number of amides is 1. The first-order valence-electron chi connectivity index (χ1n) is 7.76. The van der Waals surface area contributed by atoms with Crippen LogP contribution in [0.25, 0.3) is 0 Å². The maximum atomic E-state index is 13.5. The standard InChI is InChI=1S/C18H21FN2O/c1-13-16(9-11-20(13)2)18(22)21-10-4-3-8-17(21)14-6-5-7-15(19)12-14/h5-7,9,11-12,17H,3-4,8,10H2,1-2H3/t17-/m1/s1. The lowest BCUT2D eigenvalue weighted by molar-refractivity contribution is 0.0610. The smallest absolute Gasteiger partial charge is 0.256 e. The molecule has 0 bridgehead atoms. The topological polar surface area (TPSA) is 25.2 Å². The van der Waals surface area contributed by atoms with Crippen LogP contribution in [-0.2, 0) is 7.05 Å². The van der Waals surface area contributed by atoms with Crippen molar-refractivity contribution in [1.82, 2.24) is 9.47 Å². The predicted molar refractivity (Wildman–Crippen MR) is 84.2 cm³/mol. The third kappa shape index (κ3) is 2.65. The summed E-state index contributed by atoms with van der Waals surface area (Å²) in [5, 5.41) is 0. The van der Waals surface area contributed by atoms with Crippen molar-refractivity contribution in [3.8, 4) is 0 Å². The van der Waals surface area contributed by atoms with Gasteiger partial charge in [0.05, 0.1) is 11.6 Å². The molecular formula is C18H21FN2O. The number of hydrogen-bond donors (Lipinski definition) is 0. The van der Waals surface area contributed by atoms with E-state index in [0.717, 1.165) is 42.6 Å². The molecule has 1 aromatic carbocycles. The SMILES string of the molecule is Cc1c(C(=O)N2CCCC[C@@H]2c2cccc(F)c2)ccn1C. The molecule has 1 amide bonds. The Balaban J connectivity index is 1.93. The van der Waals surface area contributed by atoms with Gasteiger partial charge in [-0.3, -0.25) is 4.79 Å². The zero-order valence-electron chi connectivity index (χ0n) is 13.1. The monoisotopic (exact) mass is 300 g/mol. The molecule has 2 aromatic rings. The van der Waals surface area contributed by atoms with Gasteiger partial charge in [0.2, 0.25) is 0 Å². The lowest BCUT2D eigenvalue weighted by Crippen LogP contribution is -2.38. The van der Waals surface area contributed by atoms with E-state index in [1.807, 2.05) is 41.8 Å². The third-order valence-corrected chi connectivity index (χ3v) is 4.61. The van der Waals surface area contributed by atoms with Crippen LogP contribution in [0.15, 0.2) is 36.5 Å². The molecule has 0 aliphatic carbocycles. The first kappa shape index (κ1) is 14.8. The largest absolute Gasteiger partial charge is 0.354 e. The van der Waals surface area contributed by atoms with E-state index in [0.29, 0.717) is 0 Å². The van der Waals surface area contributed by atoms with Crippen molar-refractivity contribution in [3.05, 3.63) is 59.2 Å². The number of nitrogens with zero attached hydrogens (tertiary/aromatic N) is 2. The van der Waals surface area contributed by atoms with Gasteiger partial charge in [-0.15, -0.1) is 0 Å². The number of benzene rings is 1. The van der Waals surface area contributed by atoms with Crippen LogP contribution >= 0.6 is 0 Å². The van der Waals surface area contributed by atoms with E-state index in [2.05, 4.69) is 0 Å². The van der Waals surface area contributed by atoms with Crippen LogP contribution in [0.2, 0.25) is 0 Å². The summed E-state index contributed by atoms with van der Waals surface area (Å²) in [5.74, 6) is -0.196. The molecule has 1 atom stereocenters. The molecule has 1 aliphatic heterocycles. The number of halogens is 1. The van der Waals surface area contributed by atoms with Crippen LogP contribution < -0.4 is 0 Å². The van der Waals surface area contributed by atoms with Gasteiger partial charge in [0.1, 0.15) is 5.82 Å². The Morgan fingerprint density at radius 2 is 2.09 bits per heavy atom. The Hall–Kier alpha value is -2.10. The number of piperidine rings is 1. The molecule has 1 fully saturated rings. The average molecular weight is 300 g/mol. The van der Waals surface area contributed by atoms with Gasteiger partial charge in [-0.25, -0.2) is 4.39 Å². The number of carbonyl (C=O) groups excluding carboxylic acids is 1. The summed E-state index contributed by atoms with van der Waals surface area (Å²) in [6.45, 7) is 2.68. The highest BCUT2D eigenvalue weighted by Crippen LogP contribution is 2.32. The maximum absolute atomic E-state index is 13.5. The zero-order chi connectivity index (χ0) is 15.7. The molecule has 2 heterocycles. The number of hydrogen-bond acceptors (Lipinski definition) is 1. The van der Waals surface area contributed by atoms with E-state index in [9.17, 15) is 9.18 Å². The fourth-order valence-corrected chi connectivity index (χ4v) is 3.22. The highest BCUT2D eigenvalue weighted by Gasteiger charge is 2.30. The van der Waals surface area contributed by atoms with Crippen molar-refractivity contribution in [2.24, 2.45) is 7.05 Å². The molecule has 4 heteroatoms. The number of likely N-dealkylation sites (tertiary alicyclic amines) is 1. The summed E-state index contributed by atoms with van der Waals surface area (Å²) in [7, 11) is 1.94. The summed E-state index contributed by atoms with van der Waals surface area (Å²) < 4.78 is 15.5. The number of aryl methyl sites for hydroxylation is 1. The molecule has 22 heavy (non-hydrogen) atoms. The van der Waals surface area contributed by atoms with Crippen molar-refractivity contribution in [1.29, 1.82) is 0 Å². The molecule has 116 valence electrons. The van der Waals surface area contributed by atoms with E-state index < -0.39 is 0 Å². The quantitative estimate of drug-likeness (QED) is 0.827. The maximum Gasteiger partial charge on any atom is 0.256 e. The van der Waals surface area contributed by atoms with E-state index in [1.54, 1.807) is 12.1 Å². The Morgan fingerprint density at radius 1 is 1.27 bits per heavy atom. The van der Waals surface area contributed by atoms with Crippen LogP contribution in [0, 0.1) is 12.7 Å². The highest BCUT2D eigenvalue weighted by atomic mass is 19.1. The molecule has 1 aromatic heterocycles. The molecule has 0 saturated carbocycles. The van der Waals surface area contributed by atoms with Gasteiger partial charge in [-0.1, -0.05) is 12.1 Å². The molecular weight excluding hydrogens is 279 g/mol. The Morgan fingerprint density at radius 3 is 2.77 bits per heavy atom. The summed E-state index contributed by atoms with van der Waals surface area (Å²) in [4.78, 5) is 14.8. The van der Waals surface area contributed by atoms with Gasteiger partial charge in [0.25, 0.3) is 5.91 Å². The fraction of sp³-hybridized carbons (Fsp3) is 0.389. The number of carbonyl (C=O) groups is 1. The summed E-state index contributed by atoms with van der Waals surface area (Å²) >= 11 is 0. The Labute approximate surface area is 130 Å². The van der Waals surface area contributed by atoms with Crippen LogP contribution in [0.3, 0.4) is 0 Å². The van der Waals surface area contributed by atoms with E-state index in [-0.39, 0.29) is 17.8 Å². The lowest BCUT2D eigenvalue weighted by Gasteiger charge is -2.36. The first-order valence-corrected chi connectivity index (χ1v) is 7.76. The van der Waals surface area contributed by atoms with Gasteiger partial charge in [0.15, 0.2) is 0 Å². The van der Waals surface area contributed by atoms with Gasteiger partial charge in [-0.05, 0) is 49.9 Å². The molecule has 0 N–H and O–H groups in total. The Kier molecular flexibility index (Phi) is 4.01. The van der Waals surface area contributed by atoms with Crippen LogP contribution in [0.1, 0.15) is 46.9 Å². The van der Waals surface area contributed by atoms with Crippen LogP contribution in [0.4, 0.5) is 4.39 Å². The van der Waals surface area contributed by atoms with Crippen molar-refractivity contribution in [2.75, 3.05) is 6.54 Å². The second-order valence-corrected chi connectivity index (χ2v) is 5.99. The minimum absolute atomic E-state index is 0.0310. The molecule has 0 radical (unpaired) electrons. The summed E-state index contributed by atoms with van der Waals surface area (Å²) in [5.41, 5.74) is 2.60. The Bertz CT molecular complexity index is 692. The van der Waals surface area contributed by atoms with Crippen molar-refractivity contribution in [2.45, 2.75) is 32.2 Å². The number of rotatable bonds is 2. The van der Waals surface area contributed by atoms with E-state index in [1.165, 1.54) is 6.07 Å². The minimum Gasteiger partial charge on any atom is -0.354 e. The van der Waals surface area contributed by atoms with Gasteiger partial charge in [0, 0.05) is 25.5 Å². The molecule has 0 spiro atoms. The molecule has 1 aliphatic rings. The zero-order valence-corrected chi connectivity index (χ0v) is 13.1. The highest BCUT2D eigenvalue weighted by molar-refractivity contribution is 5.95. The van der Waals surface area contributed by atoms with Crippen LogP contribution in [-0.4, -0.2) is 21.9 Å². The van der Waals surface area contributed by atoms with Crippen molar-refractivity contribution < 1.29 is 9.18 Å². The normalized spacial score (nSPS) is 18.5. The predicted octanol–water partition coefficient (Wildman–Crippen LogP) is 3.84. The second-order valence-electron chi connectivity index (χ2n) is 5.99. The number of aromatic nitrogens is 1. The molecule has 3 nitrogen and oxygen atoms in total. The fourth-order valence-electron chi connectivity index (χ4n) is 3.22. The lowest BCUT2D eigenvalue weighted by atomic mass is 9.94. The third-order valence-electron chi connectivity index (χ3n) is 4.61. The van der Waals surface area contributed by atoms with Crippen molar-refractivity contribution >= 4 is 5.91 Å². The van der Waals surface area contributed by atoms with Crippen LogP contribution in [0.5, 0.6) is 0 Å². The summed E-state index contributed by atoms with van der Waals surface area (Å²) in [6, 6.07) is 8.46. The van der Waals surface area contributed by atoms with Gasteiger partial charge >= 0.3 is 0 Å². The minimum atomic E-state index is -0.244. The van der Waals surface area contributed by atoms with E-state index >= 15 is 0 Å². The van der Waals surface area contributed by atoms with E-state index in [4.69, 9.17) is 0 Å². The second kappa shape index (κ2) is 5.95. The molecule has 3 rings (SSSR count). The first-order chi connectivity index (χ1) is 10.6.